The van der Waals surface area contributed by atoms with Crippen LogP contribution in [0.2, 0.25) is 0 Å². The highest BCUT2D eigenvalue weighted by Crippen LogP contribution is 2.24. The second kappa shape index (κ2) is 6.46. The van der Waals surface area contributed by atoms with E-state index in [-0.39, 0.29) is 11.7 Å². The molecule has 2 aromatic rings. The van der Waals surface area contributed by atoms with Gasteiger partial charge in [0.05, 0.1) is 6.07 Å². The fourth-order valence-corrected chi connectivity index (χ4v) is 2.03. The molecule has 0 aliphatic heterocycles. The first-order valence-corrected chi connectivity index (χ1v) is 6.20. The van der Waals surface area contributed by atoms with E-state index in [9.17, 15) is 4.79 Å². The highest BCUT2D eigenvalue weighted by atomic mass is 16.1. The van der Waals surface area contributed by atoms with Crippen LogP contribution in [0.5, 0.6) is 0 Å². The Balaban J connectivity index is 2.29. The third-order valence-electron chi connectivity index (χ3n) is 2.98. The molecule has 0 saturated heterocycles. The van der Waals surface area contributed by atoms with Crippen molar-refractivity contribution in [3.8, 4) is 6.07 Å². The molecule has 0 fully saturated rings. The lowest BCUT2D eigenvalue weighted by Gasteiger charge is -2.14. The van der Waals surface area contributed by atoms with Crippen LogP contribution in [0.3, 0.4) is 0 Å². The van der Waals surface area contributed by atoms with Crippen molar-refractivity contribution in [3.63, 3.8) is 0 Å². The zero-order valence-electron chi connectivity index (χ0n) is 10.5. The van der Waals surface area contributed by atoms with E-state index in [1.807, 2.05) is 30.3 Å². The van der Waals surface area contributed by atoms with Crippen molar-refractivity contribution in [1.29, 1.82) is 5.26 Å². The standard InChI is InChI=1S/C16H14N2O/c17-11-6-9-14(13-7-2-1-3-8-13)16(19)15-10-4-5-12-18-15/h1-5,7-8,10,12,14H,6,9H2/t14-/m1/s1. The van der Waals surface area contributed by atoms with Crippen LogP contribution >= 0.6 is 0 Å². The first kappa shape index (κ1) is 13.0. The lowest BCUT2D eigenvalue weighted by Crippen LogP contribution is -2.14. The maximum absolute atomic E-state index is 12.5. The van der Waals surface area contributed by atoms with Gasteiger partial charge in [0.1, 0.15) is 5.69 Å². The van der Waals surface area contributed by atoms with E-state index < -0.39 is 0 Å². The molecule has 19 heavy (non-hydrogen) atoms. The molecule has 0 aliphatic rings. The summed E-state index contributed by atoms with van der Waals surface area (Å²) < 4.78 is 0. The van der Waals surface area contributed by atoms with Crippen molar-refractivity contribution in [3.05, 3.63) is 66.0 Å². The smallest absolute Gasteiger partial charge is 0.188 e. The SMILES string of the molecule is N#CCC[C@@H](C(=O)c1ccccn1)c1ccccc1. The first-order valence-electron chi connectivity index (χ1n) is 6.20. The van der Waals surface area contributed by atoms with E-state index in [1.54, 1.807) is 24.4 Å². The Bertz CT molecular complexity index is 573. The Morgan fingerprint density at radius 2 is 1.89 bits per heavy atom. The number of rotatable bonds is 5. The molecule has 2 rings (SSSR count). The summed E-state index contributed by atoms with van der Waals surface area (Å²) in [6.07, 6.45) is 2.49. The van der Waals surface area contributed by atoms with Crippen molar-refractivity contribution in [2.45, 2.75) is 18.8 Å². The summed E-state index contributed by atoms with van der Waals surface area (Å²) in [5, 5.41) is 8.74. The number of pyridine rings is 1. The molecule has 1 heterocycles. The van der Waals surface area contributed by atoms with Crippen molar-refractivity contribution >= 4 is 5.78 Å². The zero-order valence-corrected chi connectivity index (χ0v) is 10.5. The Hall–Kier alpha value is -2.47. The lowest BCUT2D eigenvalue weighted by molar-refractivity contribution is 0.0951. The number of carbonyl (C=O) groups is 1. The van der Waals surface area contributed by atoms with Gasteiger partial charge in [-0.15, -0.1) is 0 Å². The second-order valence-electron chi connectivity index (χ2n) is 4.24. The average molecular weight is 250 g/mol. The van der Waals surface area contributed by atoms with Crippen LogP contribution in [0.1, 0.15) is 34.8 Å². The molecule has 0 spiro atoms. The molecule has 0 aliphatic carbocycles. The monoisotopic (exact) mass is 250 g/mol. The number of carbonyl (C=O) groups excluding carboxylic acids is 1. The van der Waals surface area contributed by atoms with Gasteiger partial charge in [-0.1, -0.05) is 36.4 Å². The van der Waals surface area contributed by atoms with Gasteiger partial charge >= 0.3 is 0 Å². The summed E-state index contributed by atoms with van der Waals surface area (Å²) in [7, 11) is 0. The normalized spacial score (nSPS) is 11.5. The molecular weight excluding hydrogens is 236 g/mol. The van der Waals surface area contributed by atoms with Crippen molar-refractivity contribution in [2.75, 3.05) is 0 Å². The topological polar surface area (TPSA) is 53.8 Å². The lowest BCUT2D eigenvalue weighted by atomic mass is 9.89. The van der Waals surface area contributed by atoms with Gasteiger partial charge in [-0.05, 0) is 24.1 Å². The molecule has 1 aromatic carbocycles. The molecule has 1 atom stereocenters. The summed E-state index contributed by atoms with van der Waals surface area (Å²) in [6.45, 7) is 0. The van der Waals surface area contributed by atoms with E-state index in [0.29, 0.717) is 18.5 Å². The molecule has 0 radical (unpaired) electrons. The fourth-order valence-electron chi connectivity index (χ4n) is 2.03. The molecule has 0 amide bonds. The Morgan fingerprint density at radius 3 is 2.53 bits per heavy atom. The van der Waals surface area contributed by atoms with Crippen LogP contribution in [0.15, 0.2) is 54.7 Å². The van der Waals surface area contributed by atoms with E-state index in [1.165, 1.54) is 0 Å². The molecule has 0 N–H and O–H groups in total. The van der Waals surface area contributed by atoms with Gasteiger partial charge < -0.3 is 0 Å². The largest absolute Gasteiger partial charge is 0.292 e. The van der Waals surface area contributed by atoms with Gasteiger partial charge in [-0.25, -0.2) is 0 Å². The Morgan fingerprint density at radius 1 is 1.16 bits per heavy atom. The van der Waals surface area contributed by atoms with Gasteiger partial charge in [-0.2, -0.15) is 5.26 Å². The third kappa shape index (κ3) is 3.26. The number of ketones is 1. The zero-order chi connectivity index (χ0) is 13.5. The summed E-state index contributed by atoms with van der Waals surface area (Å²) in [4.78, 5) is 16.6. The van der Waals surface area contributed by atoms with Crippen molar-refractivity contribution in [2.24, 2.45) is 0 Å². The van der Waals surface area contributed by atoms with Crippen LogP contribution in [-0.4, -0.2) is 10.8 Å². The average Bonchev–Trinajstić information content (AvgIpc) is 2.49. The van der Waals surface area contributed by atoms with Gasteiger partial charge in [-0.3, -0.25) is 9.78 Å². The number of hydrogen-bond donors (Lipinski definition) is 0. The Labute approximate surface area is 112 Å². The Kier molecular flexibility index (Phi) is 4.41. The van der Waals surface area contributed by atoms with E-state index in [2.05, 4.69) is 11.1 Å². The minimum absolute atomic E-state index is 0.0259. The van der Waals surface area contributed by atoms with Crippen molar-refractivity contribution < 1.29 is 4.79 Å². The number of nitriles is 1. The van der Waals surface area contributed by atoms with Crippen LogP contribution < -0.4 is 0 Å². The molecule has 0 unspecified atom stereocenters. The molecule has 94 valence electrons. The van der Waals surface area contributed by atoms with Gasteiger partial charge in [0.2, 0.25) is 0 Å². The number of hydrogen-bond acceptors (Lipinski definition) is 3. The van der Waals surface area contributed by atoms with Crippen LogP contribution in [0.25, 0.3) is 0 Å². The quantitative estimate of drug-likeness (QED) is 0.764. The van der Waals surface area contributed by atoms with Gasteiger partial charge in [0, 0.05) is 18.5 Å². The highest BCUT2D eigenvalue weighted by Gasteiger charge is 2.22. The van der Waals surface area contributed by atoms with Crippen LogP contribution in [-0.2, 0) is 0 Å². The summed E-state index contributed by atoms with van der Waals surface area (Å²) in [6, 6.07) is 17.0. The van der Waals surface area contributed by atoms with E-state index >= 15 is 0 Å². The second-order valence-corrected chi connectivity index (χ2v) is 4.24. The summed E-state index contributed by atoms with van der Waals surface area (Å²) >= 11 is 0. The maximum Gasteiger partial charge on any atom is 0.188 e. The van der Waals surface area contributed by atoms with E-state index in [4.69, 9.17) is 5.26 Å². The van der Waals surface area contributed by atoms with Crippen LogP contribution in [0, 0.1) is 11.3 Å². The number of aromatic nitrogens is 1. The minimum atomic E-state index is -0.296. The molecule has 0 bridgehead atoms. The van der Waals surface area contributed by atoms with Gasteiger partial charge in [0.25, 0.3) is 0 Å². The fraction of sp³-hybridized carbons (Fsp3) is 0.188. The number of nitrogens with zero attached hydrogens (tertiary/aromatic N) is 2. The summed E-state index contributed by atoms with van der Waals surface area (Å²) in [5.41, 5.74) is 1.39. The molecule has 3 heteroatoms. The van der Waals surface area contributed by atoms with E-state index in [0.717, 1.165) is 5.56 Å². The molecular formula is C16H14N2O. The number of benzene rings is 1. The first-order chi connectivity index (χ1) is 9.33. The minimum Gasteiger partial charge on any atom is -0.292 e. The molecule has 1 aromatic heterocycles. The van der Waals surface area contributed by atoms with Crippen LogP contribution in [0.4, 0.5) is 0 Å². The third-order valence-corrected chi connectivity index (χ3v) is 2.98. The predicted molar refractivity (Wildman–Crippen MR) is 72.6 cm³/mol. The molecule has 0 saturated carbocycles. The van der Waals surface area contributed by atoms with Crippen molar-refractivity contribution in [1.82, 2.24) is 4.98 Å². The highest BCUT2D eigenvalue weighted by molar-refractivity contribution is 5.99. The van der Waals surface area contributed by atoms with Gasteiger partial charge in [0.15, 0.2) is 5.78 Å². The molecule has 3 nitrogen and oxygen atoms in total. The number of Topliss-reactive ketones (excluding diaryl/α,β-unsaturated/α-hetero) is 1. The summed E-state index contributed by atoms with van der Waals surface area (Å²) in [5.74, 6) is -0.321. The maximum atomic E-state index is 12.5. The predicted octanol–water partition coefficient (Wildman–Crippen LogP) is 3.35.